The Morgan fingerprint density at radius 1 is 0.711 bits per heavy atom. The SMILES string of the molecule is CC/C=C(\C=C/Cc1ccccc1)C/C=C(\N=C(N)c1ccccc1)c1ccc(-c2ccc(C)cc2)cc1. The third-order valence-corrected chi connectivity index (χ3v) is 6.40. The number of aryl methyl sites for hydroxylation is 1. The molecular formula is C36H36N2. The van der Waals surface area contributed by atoms with Crippen LogP contribution in [0.25, 0.3) is 16.8 Å². The van der Waals surface area contributed by atoms with Gasteiger partial charge in [0.25, 0.3) is 0 Å². The maximum Gasteiger partial charge on any atom is 0.131 e. The minimum atomic E-state index is 0.514. The summed E-state index contributed by atoms with van der Waals surface area (Å²) in [4.78, 5) is 4.90. The molecule has 2 heteroatoms. The van der Waals surface area contributed by atoms with Gasteiger partial charge in [-0.1, -0.05) is 146 Å². The molecule has 4 aromatic carbocycles. The summed E-state index contributed by atoms with van der Waals surface area (Å²) in [5, 5.41) is 0. The average molecular weight is 497 g/mol. The van der Waals surface area contributed by atoms with Gasteiger partial charge in [-0.3, -0.25) is 0 Å². The molecule has 0 aliphatic rings. The van der Waals surface area contributed by atoms with Gasteiger partial charge >= 0.3 is 0 Å². The largest absolute Gasteiger partial charge is 0.383 e. The standard InChI is InChI=1S/C36H36N2/c1-3-11-29(14-10-15-30-12-6-4-7-13-30)20-27-35(38-36(37)34-16-8-5-9-17-34)33-25-23-32(24-26-33)31-21-18-28(2)19-22-31/h4-14,16-19,21-27H,3,15,20H2,1-2H3,(H2,37,38)/b14-10-,29-11+,35-27-. The molecule has 0 fully saturated rings. The number of rotatable bonds is 10. The number of amidine groups is 1. The molecule has 38 heavy (non-hydrogen) atoms. The molecule has 0 aliphatic heterocycles. The molecule has 0 saturated carbocycles. The van der Waals surface area contributed by atoms with E-state index in [2.05, 4.69) is 117 Å². The predicted octanol–water partition coefficient (Wildman–Crippen LogP) is 8.93. The molecule has 0 unspecified atom stereocenters. The van der Waals surface area contributed by atoms with Gasteiger partial charge in [0.2, 0.25) is 0 Å². The van der Waals surface area contributed by atoms with Gasteiger partial charge < -0.3 is 5.73 Å². The first-order chi connectivity index (χ1) is 18.6. The van der Waals surface area contributed by atoms with Gasteiger partial charge in [-0.25, -0.2) is 4.99 Å². The third kappa shape index (κ3) is 7.78. The molecule has 0 amide bonds. The molecule has 2 N–H and O–H groups in total. The van der Waals surface area contributed by atoms with Crippen LogP contribution in [0.5, 0.6) is 0 Å². The smallest absolute Gasteiger partial charge is 0.131 e. The van der Waals surface area contributed by atoms with Gasteiger partial charge in [0, 0.05) is 5.56 Å². The Kier molecular flexibility index (Phi) is 9.64. The molecule has 4 aromatic rings. The fraction of sp³-hybridized carbons (Fsp3) is 0.139. The molecule has 0 aromatic heterocycles. The van der Waals surface area contributed by atoms with Crippen molar-refractivity contribution in [2.24, 2.45) is 10.7 Å². The van der Waals surface area contributed by atoms with E-state index in [1.165, 1.54) is 27.8 Å². The van der Waals surface area contributed by atoms with E-state index in [0.717, 1.165) is 36.1 Å². The quantitative estimate of drug-likeness (QED) is 0.133. The summed E-state index contributed by atoms with van der Waals surface area (Å²) in [5.74, 6) is 0.514. The Balaban J connectivity index is 1.61. The summed E-state index contributed by atoms with van der Waals surface area (Å²) in [7, 11) is 0. The number of aliphatic imine (C=N–C) groups is 1. The highest BCUT2D eigenvalue weighted by atomic mass is 14.9. The summed E-state index contributed by atoms with van der Waals surface area (Å²) in [5.41, 5.74) is 15.5. The summed E-state index contributed by atoms with van der Waals surface area (Å²) in [6.07, 6.45) is 11.6. The molecule has 0 heterocycles. The van der Waals surface area contributed by atoms with Crippen LogP contribution in [0.2, 0.25) is 0 Å². The Hall–Kier alpha value is -4.43. The number of nitrogens with two attached hydrogens (primary N) is 1. The molecule has 4 rings (SSSR count). The van der Waals surface area contributed by atoms with Crippen LogP contribution in [0, 0.1) is 6.92 Å². The number of nitrogens with zero attached hydrogens (tertiary/aromatic N) is 1. The van der Waals surface area contributed by atoms with Crippen LogP contribution in [-0.2, 0) is 6.42 Å². The molecule has 0 saturated heterocycles. The van der Waals surface area contributed by atoms with Crippen molar-refractivity contribution in [1.29, 1.82) is 0 Å². The zero-order valence-corrected chi connectivity index (χ0v) is 22.3. The van der Waals surface area contributed by atoms with E-state index in [-0.39, 0.29) is 0 Å². The molecule has 0 atom stereocenters. The molecule has 2 nitrogen and oxygen atoms in total. The molecule has 0 spiro atoms. The molecule has 0 radical (unpaired) electrons. The fourth-order valence-corrected chi connectivity index (χ4v) is 4.27. The molecule has 0 aliphatic carbocycles. The van der Waals surface area contributed by atoms with E-state index < -0.39 is 0 Å². The van der Waals surface area contributed by atoms with Gasteiger partial charge in [-0.2, -0.15) is 0 Å². The first kappa shape index (κ1) is 26.6. The van der Waals surface area contributed by atoms with Crippen molar-refractivity contribution in [3.05, 3.63) is 161 Å². The van der Waals surface area contributed by atoms with Crippen LogP contribution in [0.1, 0.15) is 42.0 Å². The zero-order valence-electron chi connectivity index (χ0n) is 22.3. The Morgan fingerprint density at radius 3 is 1.95 bits per heavy atom. The Bertz CT molecular complexity index is 1410. The molecule has 190 valence electrons. The summed E-state index contributed by atoms with van der Waals surface area (Å²) >= 11 is 0. The van der Waals surface area contributed by atoms with Crippen molar-refractivity contribution in [2.45, 2.75) is 33.1 Å². The predicted molar refractivity (Wildman–Crippen MR) is 164 cm³/mol. The van der Waals surface area contributed by atoms with Crippen molar-refractivity contribution in [3.63, 3.8) is 0 Å². The molecule has 0 bridgehead atoms. The van der Waals surface area contributed by atoms with Gasteiger partial charge in [0.1, 0.15) is 5.84 Å². The summed E-state index contributed by atoms with van der Waals surface area (Å²) in [6.45, 7) is 4.28. The van der Waals surface area contributed by atoms with E-state index in [9.17, 15) is 0 Å². The number of hydrogen-bond acceptors (Lipinski definition) is 1. The van der Waals surface area contributed by atoms with E-state index in [1.54, 1.807) is 0 Å². The monoisotopic (exact) mass is 496 g/mol. The van der Waals surface area contributed by atoms with Crippen LogP contribution >= 0.6 is 0 Å². The lowest BCUT2D eigenvalue weighted by Gasteiger charge is -2.09. The van der Waals surface area contributed by atoms with Crippen LogP contribution in [-0.4, -0.2) is 5.84 Å². The minimum absolute atomic E-state index is 0.514. The van der Waals surface area contributed by atoms with Gasteiger partial charge in [0.15, 0.2) is 0 Å². The summed E-state index contributed by atoms with van der Waals surface area (Å²) < 4.78 is 0. The number of benzene rings is 4. The molecular weight excluding hydrogens is 460 g/mol. The van der Waals surface area contributed by atoms with Crippen molar-refractivity contribution < 1.29 is 0 Å². The topological polar surface area (TPSA) is 38.4 Å². The van der Waals surface area contributed by atoms with Crippen LogP contribution in [0.3, 0.4) is 0 Å². The van der Waals surface area contributed by atoms with Crippen LogP contribution < -0.4 is 5.73 Å². The lowest BCUT2D eigenvalue weighted by molar-refractivity contribution is 1.15. The normalized spacial score (nSPS) is 12.7. The summed E-state index contributed by atoms with van der Waals surface area (Å²) in [6, 6.07) is 37.7. The van der Waals surface area contributed by atoms with E-state index >= 15 is 0 Å². The van der Waals surface area contributed by atoms with E-state index in [4.69, 9.17) is 10.7 Å². The van der Waals surface area contributed by atoms with Gasteiger partial charge in [0.05, 0.1) is 5.70 Å². The first-order valence-corrected chi connectivity index (χ1v) is 13.3. The lowest BCUT2D eigenvalue weighted by atomic mass is 10.0. The van der Waals surface area contributed by atoms with Gasteiger partial charge in [-0.15, -0.1) is 0 Å². The highest BCUT2D eigenvalue weighted by molar-refractivity contribution is 6.00. The van der Waals surface area contributed by atoms with Crippen molar-refractivity contribution in [1.82, 2.24) is 0 Å². The second-order valence-electron chi connectivity index (χ2n) is 9.38. The Labute approximate surface area is 227 Å². The van der Waals surface area contributed by atoms with Gasteiger partial charge in [-0.05, 0) is 54.0 Å². The van der Waals surface area contributed by atoms with Crippen LogP contribution in [0.15, 0.2) is 144 Å². The van der Waals surface area contributed by atoms with E-state index in [1.807, 2.05) is 30.3 Å². The second-order valence-corrected chi connectivity index (χ2v) is 9.38. The van der Waals surface area contributed by atoms with Crippen LogP contribution in [0.4, 0.5) is 0 Å². The first-order valence-electron chi connectivity index (χ1n) is 13.3. The zero-order chi connectivity index (χ0) is 26.6. The number of allylic oxidation sites excluding steroid dienone is 5. The van der Waals surface area contributed by atoms with E-state index in [0.29, 0.717) is 5.84 Å². The second kappa shape index (κ2) is 13.8. The highest BCUT2D eigenvalue weighted by Crippen LogP contribution is 2.25. The van der Waals surface area contributed by atoms with Crippen molar-refractivity contribution >= 4 is 11.5 Å². The maximum absolute atomic E-state index is 6.46. The van der Waals surface area contributed by atoms with Crippen molar-refractivity contribution in [2.75, 3.05) is 0 Å². The highest BCUT2D eigenvalue weighted by Gasteiger charge is 2.06. The third-order valence-electron chi connectivity index (χ3n) is 6.40. The number of hydrogen-bond donors (Lipinski definition) is 1. The van der Waals surface area contributed by atoms with Crippen molar-refractivity contribution in [3.8, 4) is 11.1 Å². The Morgan fingerprint density at radius 2 is 1.32 bits per heavy atom. The average Bonchev–Trinajstić information content (AvgIpc) is 2.96. The fourth-order valence-electron chi connectivity index (χ4n) is 4.27. The lowest BCUT2D eigenvalue weighted by Crippen LogP contribution is -2.13. The minimum Gasteiger partial charge on any atom is -0.383 e. The maximum atomic E-state index is 6.46.